The largest absolute Gasteiger partial charge is 0.382 e. The van der Waals surface area contributed by atoms with Gasteiger partial charge in [-0.2, -0.15) is 0 Å². The van der Waals surface area contributed by atoms with Gasteiger partial charge in [-0.25, -0.2) is 15.0 Å². The van der Waals surface area contributed by atoms with Crippen molar-refractivity contribution in [2.75, 3.05) is 11.1 Å². The molecule has 0 aliphatic heterocycles. The lowest BCUT2D eigenvalue weighted by Crippen LogP contribution is -2.14. The fourth-order valence-corrected chi connectivity index (χ4v) is 3.42. The van der Waals surface area contributed by atoms with Crippen LogP contribution in [0, 0.1) is 0 Å². The molecular weight excluding hydrogens is 348 g/mol. The van der Waals surface area contributed by atoms with E-state index >= 15 is 0 Å². The highest BCUT2D eigenvalue weighted by Gasteiger charge is 2.10. The minimum absolute atomic E-state index is 0.0720. The number of aryl methyl sites for hydroxylation is 1. The first-order valence-electron chi connectivity index (χ1n) is 8.06. The number of thiophene rings is 1. The van der Waals surface area contributed by atoms with Crippen LogP contribution in [-0.4, -0.2) is 25.4 Å². The first-order chi connectivity index (χ1) is 12.7. The predicted molar refractivity (Wildman–Crippen MR) is 103 cm³/mol. The highest BCUT2D eigenvalue weighted by atomic mass is 32.1. The van der Waals surface area contributed by atoms with Crippen LogP contribution in [0.3, 0.4) is 0 Å². The van der Waals surface area contributed by atoms with Gasteiger partial charge in [-0.3, -0.25) is 4.79 Å². The van der Waals surface area contributed by atoms with Crippen LogP contribution < -0.4 is 11.1 Å². The van der Waals surface area contributed by atoms with Crippen molar-refractivity contribution in [3.05, 3.63) is 54.4 Å². The molecule has 3 aromatic heterocycles. The number of carbonyl (C=O) groups excluding carboxylic acids is 1. The number of nitrogen functional groups attached to an aromatic ring is 1. The molecule has 4 aromatic rings. The average molecular weight is 364 g/mol. The molecule has 1 aromatic carbocycles. The van der Waals surface area contributed by atoms with Crippen molar-refractivity contribution in [3.8, 4) is 10.4 Å². The van der Waals surface area contributed by atoms with Gasteiger partial charge < -0.3 is 15.6 Å². The summed E-state index contributed by atoms with van der Waals surface area (Å²) in [7, 11) is 0. The van der Waals surface area contributed by atoms with Crippen LogP contribution in [0.5, 0.6) is 0 Å². The number of amides is 1. The Morgan fingerprint density at radius 3 is 2.96 bits per heavy atom. The maximum Gasteiger partial charge on any atom is 0.226 e. The van der Waals surface area contributed by atoms with Crippen molar-refractivity contribution < 1.29 is 4.79 Å². The molecule has 1 amide bonds. The number of nitrogens with one attached hydrogen (secondary N) is 1. The fraction of sp³-hybridized carbons (Fsp3) is 0.111. The van der Waals surface area contributed by atoms with E-state index in [1.54, 1.807) is 22.2 Å². The Bertz CT molecular complexity index is 1060. The van der Waals surface area contributed by atoms with E-state index in [0.29, 0.717) is 29.9 Å². The Morgan fingerprint density at radius 1 is 1.19 bits per heavy atom. The molecule has 0 saturated heterocycles. The first-order valence-corrected chi connectivity index (χ1v) is 8.94. The van der Waals surface area contributed by atoms with E-state index < -0.39 is 0 Å². The molecule has 4 rings (SSSR count). The smallest absolute Gasteiger partial charge is 0.226 e. The molecule has 0 aliphatic rings. The molecule has 3 N–H and O–H groups in total. The first kappa shape index (κ1) is 16.2. The van der Waals surface area contributed by atoms with E-state index in [1.807, 2.05) is 35.7 Å². The summed E-state index contributed by atoms with van der Waals surface area (Å²) in [6.45, 7) is 0.462. The second kappa shape index (κ2) is 6.93. The van der Waals surface area contributed by atoms with E-state index in [4.69, 9.17) is 5.73 Å². The Kier molecular flexibility index (Phi) is 4.32. The molecule has 7 nitrogen and oxygen atoms in total. The maximum absolute atomic E-state index is 12.3. The van der Waals surface area contributed by atoms with Gasteiger partial charge >= 0.3 is 0 Å². The van der Waals surface area contributed by atoms with E-state index in [0.717, 1.165) is 11.3 Å². The van der Waals surface area contributed by atoms with Crippen LogP contribution in [-0.2, 0) is 11.3 Å². The normalized spacial score (nSPS) is 10.9. The summed E-state index contributed by atoms with van der Waals surface area (Å²) < 4.78 is 1.80. The maximum atomic E-state index is 12.3. The monoisotopic (exact) mass is 364 g/mol. The number of rotatable bonds is 5. The van der Waals surface area contributed by atoms with Crippen LogP contribution in [0.4, 0.5) is 11.5 Å². The molecule has 0 atom stereocenters. The molecule has 26 heavy (non-hydrogen) atoms. The van der Waals surface area contributed by atoms with Gasteiger partial charge in [0, 0.05) is 23.5 Å². The molecule has 8 heteroatoms. The Labute approximate surface area is 153 Å². The average Bonchev–Trinajstić information content (AvgIpc) is 3.31. The summed E-state index contributed by atoms with van der Waals surface area (Å²) in [5.41, 5.74) is 8.83. The van der Waals surface area contributed by atoms with Gasteiger partial charge in [0.25, 0.3) is 0 Å². The lowest BCUT2D eigenvalue weighted by Gasteiger charge is -2.08. The van der Waals surface area contributed by atoms with Gasteiger partial charge in [0.15, 0.2) is 11.5 Å². The zero-order valence-corrected chi connectivity index (χ0v) is 14.6. The molecule has 0 aliphatic carbocycles. The lowest BCUT2D eigenvalue weighted by atomic mass is 10.1. The van der Waals surface area contributed by atoms with Crippen LogP contribution >= 0.6 is 11.3 Å². The van der Waals surface area contributed by atoms with E-state index in [2.05, 4.69) is 26.3 Å². The number of nitrogens with two attached hydrogens (primary N) is 1. The van der Waals surface area contributed by atoms with Crippen molar-refractivity contribution in [3.63, 3.8) is 0 Å². The quantitative estimate of drug-likeness (QED) is 0.567. The third kappa shape index (κ3) is 3.27. The molecule has 0 saturated carbocycles. The summed E-state index contributed by atoms with van der Waals surface area (Å²) in [5, 5.41) is 4.97. The summed E-state index contributed by atoms with van der Waals surface area (Å²) in [4.78, 5) is 25.8. The molecular formula is C18H16N6OS. The minimum Gasteiger partial charge on any atom is -0.382 e. The number of aromatic nitrogens is 4. The highest BCUT2D eigenvalue weighted by molar-refractivity contribution is 7.13. The number of fused-ring (bicyclic) bond motifs is 1. The standard InChI is InChI=1S/C18H16N6OS/c19-17-16-18(21-10-20-17)24(11-22-16)7-6-15(25)23-13-4-1-3-12(9-13)14-5-2-8-26-14/h1-5,8-11H,6-7H2,(H,23,25)(H2,19,20,21). The number of nitrogens with zero attached hydrogens (tertiary/aromatic N) is 4. The number of hydrogen-bond acceptors (Lipinski definition) is 6. The second-order valence-corrected chi connectivity index (χ2v) is 6.67. The van der Waals surface area contributed by atoms with Crippen LogP contribution in [0.25, 0.3) is 21.6 Å². The third-order valence-corrected chi connectivity index (χ3v) is 4.88. The topological polar surface area (TPSA) is 98.7 Å². The number of carbonyl (C=O) groups is 1. The van der Waals surface area contributed by atoms with E-state index in [9.17, 15) is 4.79 Å². The van der Waals surface area contributed by atoms with Crippen molar-refractivity contribution in [2.24, 2.45) is 0 Å². The molecule has 0 fully saturated rings. The zero-order valence-electron chi connectivity index (χ0n) is 13.8. The lowest BCUT2D eigenvalue weighted by molar-refractivity contribution is -0.116. The summed E-state index contributed by atoms with van der Waals surface area (Å²) in [5.74, 6) is 0.265. The van der Waals surface area contributed by atoms with Crippen molar-refractivity contribution >= 4 is 39.9 Å². The third-order valence-electron chi connectivity index (χ3n) is 3.96. The van der Waals surface area contributed by atoms with Gasteiger partial charge in [0.2, 0.25) is 5.91 Å². The summed E-state index contributed by atoms with van der Waals surface area (Å²) in [6, 6.07) is 11.9. The minimum atomic E-state index is -0.0720. The molecule has 130 valence electrons. The highest BCUT2D eigenvalue weighted by Crippen LogP contribution is 2.26. The Balaban J connectivity index is 1.43. The Hall–Kier alpha value is -3.26. The van der Waals surface area contributed by atoms with Crippen LogP contribution in [0.2, 0.25) is 0 Å². The SMILES string of the molecule is Nc1ncnc2c1ncn2CCC(=O)Nc1cccc(-c2cccs2)c1. The summed E-state index contributed by atoms with van der Waals surface area (Å²) in [6.07, 6.45) is 3.32. The van der Waals surface area contributed by atoms with Gasteiger partial charge in [-0.15, -0.1) is 11.3 Å². The Morgan fingerprint density at radius 2 is 2.12 bits per heavy atom. The van der Waals surface area contributed by atoms with Crippen molar-refractivity contribution in [1.82, 2.24) is 19.5 Å². The molecule has 0 unspecified atom stereocenters. The summed E-state index contributed by atoms with van der Waals surface area (Å²) >= 11 is 1.67. The molecule has 0 bridgehead atoms. The number of hydrogen-bond donors (Lipinski definition) is 2. The number of imidazole rings is 1. The van der Waals surface area contributed by atoms with Gasteiger partial charge in [0.05, 0.1) is 6.33 Å². The van der Waals surface area contributed by atoms with Gasteiger partial charge in [-0.1, -0.05) is 18.2 Å². The molecule has 0 spiro atoms. The number of anilines is 2. The zero-order chi connectivity index (χ0) is 17.9. The molecule has 3 heterocycles. The van der Waals surface area contributed by atoms with Gasteiger partial charge in [-0.05, 0) is 29.1 Å². The van der Waals surface area contributed by atoms with E-state index in [-0.39, 0.29) is 5.91 Å². The van der Waals surface area contributed by atoms with E-state index in [1.165, 1.54) is 11.2 Å². The predicted octanol–water partition coefficient (Wildman–Crippen LogP) is 3.17. The number of benzene rings is 1. The van der Waals surface area contributed by atoms with Crippen LogP contribution in [0.15, 0.2) is 54.4 Å². The molecule has 0 radical (unpaired) electrons. The van der Waals surface area contributed by atoms with Crippen molar-refractivity contribution in [1.29, 1.82) is 0 Å². The fourth-order valence-electron chi connectivity index (χ4n) is 2.70. The van der Waals surface area contributed by atoms with Crippen molar-refractivity contribution in [2.45, 2.75) is 13.0 Å². The van der Waals surface area contributed by atoms with Gasteiger partial charge in [0.1, 0.15) is 11.8 Å². The van der Waals surface area contributed by atoms with Crippen LogP contribution in [0.1, 0.15) is 6.42 Å². The second-order valence-electron chi connectivity index (χ2n) is 5.73.